The maximum absolute atomic E-state index is 8.67. The Hall–Kier alpha value is -2.05. The van der Waals surface area contributed by atoms with E-state index in [-0.39, 0.29) is 0 Å². The van der Waals surface area contributed by atoms with E-state index in [4.69, 9.17) is 16.9 Å². The predicted molar refractivity (Wildman–Crippen MR) is 68.4 cm³/mol. The number of halogens is 1. The van der Waals surface area contributed by atoms with Crippen molar-refractivity contribution in [2.75, 3.05) is 5.32 Å². The molecule has 3 nitrogen and oxygen atoms in total. The van der Waals surface area contributed by atoms with E-state index >= 15 is 0 Å². The van der Waals surface area contributed by atoms with E-state index in [9.17, 15) is 0 Å². The number of aryl methyl sites for hydroxylation is 1. The van der Waals surface area contributed by atoms with E-state index in [1.165, 1.54) is 6.20 Å². The lowest BCUT2D eigenvalue weighted by molar-refractivity contribution is 1.28. The van der Waals surface area contributed by atoms with E-state index in [0.717, 1.165) is 11.3 Å². The van der Waals surface area contributed by atoms with Gasteiger partial charge in [-0.05, 0) is 30.7 Å². The van der Waals surface area contributed by atoms with Crippen LogP contribution in [0.4, 0.5) is 11.5 Å². The molecule has 0 amide bonds. The summed E-state index contributed by atoms with van der Waals surface area (Å²) in [6, 6.07) is 11.2. The summed E-state index contributed by atoms with van der Waals surface area (Å²) >= 11 is 6.10. The minimum atomic E-state index is 0.534. The number of pyridine rings is 1. The third-order valence-corrected chi connectivity index (χ3v) is 2.68. The molecule has 1 N–H and O–H groups in total. The Morgan fingerprint density at radius 1 is 1.29 bits per heavy atom. The van der Waals surface area contributed by atoms with Crippen molar-refractivity contribution in [3.05, 3.63) is 52.7 Å². The Labute approximate surface area is 105 Å². The Kier molecular flexibility index (Phi) is 3.27. The second-order valence-electron chi connectivity index (χ2n) is 3.60. The van der Waals surface area contributed by atoms with Crippen LogP contribution in [0, 0.1) is 18.3 Å². The smallest absolute Gasteiger partial charge is 0.130 e. The normalized spacial score (nSPS) is 9.71. The fraction of sp³-hybridized carbons (Fsp3) is 0.0769. The molecule has 0 radical (unpaired) electrons. The van der Waals surface area contributed by atoms with Crippen molar-refractivity contribution in [3.8, 4) is 6.07 Å². The predicted octanol–water partition coefficient (Wildman–Crippen LogP) is 3.66. The molecule has 0 atom stereocenters. The summed E-state index contributed by atoms with van der Waals surface area (Å²) in [5, 5.41) is 12.5. The van der Waals surface area contributed by atoms with Crippen LogP contribution in [-0.4, -0.2) is 4.98 Å². The van der Waals surface area contributed by atoms with Crippen LogP contribution in [0.3, 0.4) is 0 Å². The largest absolute Gasteiger partial charge is 0.339 e. The molecule has 0 saturated carbocycles. The summed E-state index contributed by atoms with van der Waals surface area (Å²) < 4.78 is 0. The average Bonchev–Trinajstić information content (AvgIpc) is 2.35. The van der Waals surface area contributed by atoms with Crippen molar-refractivity contribution in [3.63, 3.8) is 0 Å². The molecule has 84 valence electrons. The van der Waals surface area contributed by atoms with Crippen LogP contribution in [0.5, 0.6) is 0 Å². The lowest BCUT2D eigenvalue weighted by Crippen LogP contribution is -1.96. The highest BCUT2D eigenvalue weighted by Gasteiger charge is 2.04. The van der Waals surface area contributed by atoms with Gasteiger partial charge >= 0.3 is 0 Å². The van der Waals surface area contributed by atoms with Gasteiger partial charge in [-0.1, -0.05) is 23.7 Å². The Balaban J connectivity index is 2.29. The monoisotopic (exact) mass is 243 g/mol. The number of rotatable bonds is 2. The molecular formula is C13H10ClN3. The first kappa shape index (κ1) is 11.4. The second-order valence-corrected chi connectivity index (χ2v) is 4.01. The number of benzene rings is 1. The first-order chi connectivity index (χ1) is 8.20. The second kappa shape index (κ2) is 4.86. The standard InChI is InChI=1S/C13H10ClN3/c1-9-3-2-4-11(14)13(9)17-12-6-5-10(7-15)8-16-12/h2-6,8H,1H3,(H,16,17). The molecule has 1 aromatic heterocycles. The zero-order valence-electron chi connectivity index (χ0n) is 9.24. The van der Waals surface area contributed by atoms with Gasteiger partial charge in [0.1, 0.15) is 11.9 Å². The van der Waals surface area contributed by atoms with E-state index in [1.807, 2.05) is 31.2 Å². The number of nitrogens with one attached hydrogen (secondary N) is 1. The zero-order chi connectivity index (χ0) is 12.3. The van der Waals surface area contributed by atoms with Gasteiger partial charge in [0, 0.05) is 6.20 Å². The maximum Gasteiger partial charge on any atom is 0.130 e. The minimum Gasteiger partial charge on any atom is -0.339 e. The van der Waals surface area contributed by atoms with Gasteiger partial charge in [0.2, 0.25) is 0 Å². The summed E-state index contributed by atoms with van der Waals surface area (Å²) in [5.74, 6) is 0.667. The van der Waals surface area contributed by atoms with Crippen LogP contribution in [-0.2, 0) is 0 Å². The molecule has 1 heterocycles. The fourth-order valence-electron chi connectivity index (χ4n) is 1.45. The highest BCUT2D eigenvalue weighted by Crippen LogP contribution is 2.27. The van der Waals surface area contributed by atoms with E-state index in [2.05, 4.69) is 10.3 Å². The molecule has 0 saturated heterocycles. The van der Waals surface area contributed by atoms with Crippen LogP contribution in [0.25, 0.3) is 0 Å². The molecule has 4 heteroatoms. The van der Waals surface area contributed by atoms with Crippen molar-refractivity contribution >= 4 is 23.1 Å². The topological polar surface area (TPSA) is 48.7 Å². The molecule has 0 bridgehead atoms. The molecule has 2 aromatic rings. The van der Waals surface area contributed by atoms with Gasteiger partial charge in [0.25, 0.3) is 0 Å². The van der Waals surface area contributed by atoms with Gasteiger partial charge in [0.05, 0.1) is 16.3 Å². The molecular weight excluding hydrogens is 234 g/mol. The van der Waals surface area contributed by atoms with Crippen LogP contribution in [0.1, 0.15) is 11.1 Å². The van der Waals surface area contributed by atoms with E-state index < -0.39 is 0 Å². The number of hydrogen-bond acceptors (Lipinski definition) is 3. The van der Waals surface area contributed by atoms with Crippen LogP contribution >= 0.6 is 11.6 Å². The van der Waals surface area contributed by atoms with Crippen molar-refractivity contribution in [2.45, 2.75) is 6.92 Å². The number of anilines is 2. The van der Waals surface area contributed by atoms with Crippen molar-refractivity contribution in [1.29, 1.82) is 5.26 Å². The molecule has 2 rings (SSSR count). The Bertz CT molecular complexity index is 550. The summed E-state index contributed by atoms with van der Waals surface area (Å²) in [4.78, 5) is 4.13. The van der Waals surface area contributed by atoms with Gasteiger partial charge in [-0.2, -0.15) is 5.26 Å². The number of nitriles is 1. The quantitative estimate of drug-likeness (QED) is 0.876. The van der Waals surface area contributed by atoms with Crippen molar-refractivity contribution in [1.82, 2.24) is 4.98 Å². The van der Waals surface area contributed by atoms with Crippen LogP contribution in [0.2, 0.25) is 5.02 Å². The first-order valence-corrected chi connectivity index (χ1v) is 5.47. The molecule has 0 aliphatic carbocycles. The van der Waals surface area contributed by atoms with Gasteiger partial charge in [-0.15, -0.1) is 0 Å². The van der Waals surface area contributed by atoms with E-state index in [0.29, 0.717) is 16.4 Å². The first-order valence-electron chi connectivity index (χ1n) is 5.09. The van der Waals surface area contributed by atoms with Crippen molar-refractivity contribution in [2.24, 2.45) is 0 Å². The van der Waals surface area contributed by atoms with Crippen LogP contribution < -0.4 is 5.32 Å². The molecule has 0 spiro atoms. The highest BCUT2D eigenvalue weighted by atomic mass is 35.5. The summed E-state index contributed by atoms with van der Waals surface area (Å²) in [7, 11) is 0. The van der Waals surface area contributed by atoms with Crippen LogP contribution in [0.15, 0.2) is 36.5 Å². The minimum absolute atomic E-state index is 0.534. The number of nitrogens with zero attached hydrogens (tertiary/aromatic N) is 2. The number of hydrogen-bond donors (Lipinski definition) is 1. The molecule has 0 unspecified atom stereocenters. The Morgan fingerprint density at radius 3 is 2.71 bits per heavy atom. The fourth-order valence-corrected chi connectivity index (χ4v) is 1.72. The lowest BCUT2D eigenvalue weighted by Gasteiger charge is -2.10. The van der Waals surface area contributed by atoms with Gasteiger partial charge in [-0.3, -0.25) is 0 Å². The molecule has 17 heavy (non-hydrogen) atoms. The lowest BCUT2D eigenvalue weighted by atomic mass is 10.2. The summed E-state index contributed by atoms with van der Waals surface area (Å²) in [5.41, 5.74) is 2.42. The van der Waals surface area contributed by atoms with Gasteiger partial charge < -0.3 is 5.32 Å². The summed E-state index contributed by atoms with van der Waals surface area (Å²) in [6.45, 7) is 1.97. The number of para-hydroxylation sites is 1. The highest BCUT2D eigenvalue weighted by molar-refractivity contribution is 6.33. The van der Waals surface area contributed by atoms with Gasteiger partial charge in [0.15, 0.2) is 0 Å². The SMILES string of the molecule is Cc1cccc(Cl)c1Nc1ccc(C#N)cn1. The molecule has 0 fully saturated rings. The van der Waals surface area contributed by atoms with Gasteiger partial charge in [-0.25, -0.2) is 4.98 Å². The Morgan fingerprint density at radius 2 is 2.12 bits per heavy atom. The third-order valence-electron chi connectivity index (χ3n) is 2.37. The summed E-state index contributed by atoms with van der Waals surface area (Å²) in [6.07, 6.45) is 1.52. The number of aromatic nitrogens is 1. The molecule has 0 aliphatic heterocycles. The third kappa shape index (κ3) is 2.55. The average molecular weight is 244 g/mol. The van der Waals surface area contributed by atoms with E-state index in [1.54, 1.807) is 12.1 Å². The molecule has 1 aromatic carbocycles. The van der Waals surface area contributed by atoms with Crippen molar-refractivity contribution < 1.29 is 0 Å². The zero-order valence-corrected chi connectivity index (χ0v) is 9.99. The molecule has 0 aliphatic rings. The maximum atomic E-state index is 8.67.